The zero-order valence-electron chi connectivity index (χ0n) is 15.1. The molecule has 1 fully saturated rings. The van der Waals surface area contributed by atoms with Crippen LogP contribution >= 0.6 is 0 Å². The third-order valence-corrected chi connectivity index (χ3v) is 4.67. The molecule has 1 atom stereocenters. The summed E-state index contributed by atoms with van der Waals surface area (Å²) in [6, 6.07) is 17.3. The molecule has 1 aliphatic heterocycles. The number of carboxylic acid groups (broad SMARTS) is 1. The minimum atomic E-state index is -0.833. The molecule has 0 saturated carbocycles. The average molecular weight is 368 g/mol. The number of hydrogen-bond donors (Lipinski definition) is 2. The highest BCUT2D eigenvalue weighted by Gasteiger charge is 2.27. The Kier molecular flexibility index (Phi) is 6.30. The number of likely N-dealkylation sites (tertiary alicyclic amines) is 1. The minimum Gasteiger partial charge on any atom is -0.489 e. The smallest absolute Gasteiger partial charge is 0.317 e. The van der Waals surface area contributed by atoms with Crippen LogP contribution in [-0.4, -0.2) is 35.1 Å². The van der Waals surface area contributed by atoms with Gasteiger partial charge < -0.3 is 20.1 Å². The van der Waals surface area contributed by atoms with E-state index in [2.05, 4.69) is 5.32 Å². The maximum absolute atomic E-state index is 12.3. The number of urea groups is 1. The maximum atomic E-state index is 12.3. The highest BCUT2D eigenvalue weighted by molar-refractivity contribution is 5.76. The largest absolute Gasteiger partial charge is 0.489 e. The number of carbonyl (C=O) groups is 2. The van der Waals surface area contributed by atoms with Gasteiger partial charge in [-0.05, 0) is 36.1 Å². The summed E-state index contributed by atoms with van der Waals surface area (Å²) in [7, 11) is 0. The van der Waals surface area contributed by atoms with E-state index in [0.717, 1.165) is 23.3 Å². The second-order valence-corrected chi connectivity index (χ2v) is 6.70. The number of carboxylic acids is 1. The van der Waals surface area contributed by atoms with Crippen molar-refractivity contribution in [3.8, 4) is 5.75 Å². The second kappa shape index (κ2) is 9.07. The molecule has 2 N–H and O–H groups in total. The summed E-state index contributed by atoms with van der Waals surface area (Å²) in [6.07, 6.45) is 1.35. The van der Waals surface area contributed by atoms with E-state index in [0.29, 0.717) is 26.1 Å². The molecule has 0 bridgehead atoms. The Bertz CT molecular complexity index is 762. The second-order valence-electron chi connectivity index (χ2n) is 6.70. The molecule has 3 rings (SSSR count). The average Bonchev–Trinajstić information content (AvgIpc) is 2.72. The molecular weight excluding hydrogens is 344 g/mol. The lowest BCUT2D eigenvalue weighted by atomic mass is 9.99. The zero-order valence-corrected chi connectivity index (χ0v) is 15.1. The van der Waals surface area contributed by atoms with E-state index in [-0.39, 0.29) is 12.6 Å². The van der Waals surface area contributed by atoms with E-state index < -0.39 is 11.9 Å². The van der Waals surface area contributed by atoms with Gasteiger partial charge in [-0.1, -0.05) is 42.5 Å². The van der Waals surface area contributed by atoms with Gasteiger partial charge in [0.1, 0.15) is 12.4 Å². The van der Waals surface area contributed by atoms with Gasteiger partial charge in [0.05, 0.1) is 5.92 Å². The van der Waals surface area contributed by atoms with Crippen LogP contribution in [0.4, 0.5) is 4.79 Å². The van der Waals surface area contributed by atoms with Crippen molar-refractivity contribution in [1.82, 2.24) is 10.2 Å². The van der Waals surface area contributed by atoms with Gasteiger partial charge >= 0.3 is 12.0 Å². The van der Waals surface area contributed by atoms with Crippen LogP contribution in [0.25, 0.3) is 0 Å². The quantitative estimate of drug-likeness (QED) is 0.820. The first-order valence-corrected chi connectivity index (χ1v) is 9.13. The topological polar surface area (TPSA) is 78.9 Å². The van der Waals surface area contributed by atoms with Crippen LogP contribution in [0.3, 0.4) is 0 Å². The Hall–Kier alpha value is -3.02. The number of piperidine rings is 1. The fourth-order valence-electron chi connectivity index (χ4n) is 3.09. The molecule has 1 saturated heterocycles. The summed E-state index contributed by atoms with van der Waals surface area (Å²) >= 11 is 0. The number of amides is 2. The van der Waals surface area contributed by atoms with E-state index in [1.54, 1.807) is 4.90 Å². The molecule has 1 aliphatic rings. The molecule has 6 heteroatoms. The number of para-hydroxylation sites is 1. The molecule has 0 aromatic heterocycles. The van der Waals surface area contributed by atoms with Crippen LogP contribution in [0, 0.1) is 5.92 Å². The first-order valence-electron chi connectivity index (χ1n) is 9.13. The van der Waals surface area contributed by atoms with E-state index in [1.165, 1.54) is 0 Å². The van der Waals surface area contributed by atoms with Gasteiger partial charge in [0.15, 0.2) is 0 Å². The lowest BCUT2D eigenvalue weighted by Gasteiger charge is -2.30. The molecule has 1 unspecified atom stereocenters. The number of nitrogens with zero attached hydrogens (tertiary/aromatic N) is 1. The zero-order chi connectivity index (χ0) is 19.1. The van der Waals surface area contributed by atoms with Crippen LogP contribution in [-0.2, 0) is 17.9 Å². The highest BCUT2D eigenvalue weighted by Crippen LogP contribution is 2.17. The number of ether oxygens (including phenoxy) is 1. The fraction of sp³-hybridized carbons (Fsp3) is 0.333. The van der Waals surface area contributed by atoms with Crippen molar-refractivity contribution >= 4 is 12.0 Å². The number of hydrogen-bond acceptors (Lipinski definition) is 3. The molecule has 2 aromatic carbocycles. The van der Waals surface area contributed by atoms with Crippen molar-refractivity contribution in [2.24, 2.45) is 5.92 Å². The van der Waals surface area contributed by atoms with Crippen LogP contribution in [0.5, 0.6) is 5.75 Å². The Morgan fingerprint density at radius 2 is 1.78 bits per heavy atom. The van der Waals surface area contributed by atoms with Gasteiger partial charge in [-0.15, -0.1) is 0 Å². The van der Waals surface area contributed by atoms with Crippen molar-refractivity contribution < 1.29 is 19.4 Å². The third-order valence-electron chi connectivity index (χ3n) is 4.67. The molecule has 27 heavy (non-hydrogen) atoms. The minimum absolute atomic E-state index is 0.211. The van der Waals surface area contributed by atoms with Gasteiger partial charge in [0.2, 0.25) is 0 Å². The molecule has 0 radical (unpaired) electrons. The van der Waals surface area contributed by atoms with Gasteiger partial charge in [-0.25, -0.2) is 4.79 Å². The van der Waals surface area contributed by atoms with Crippen LogP contribution in [0.15, 0.2) is 54.6 Å². The summed E-state index contributed by atoms with van der Waals surface area (Å²) in [4.78, 5) is 25.0. The van der Waals surface area contributed by atoms with Gasteiger partial charge in [0, 0.05) is 19.6 Å². The molecular formula is C21H24N2O4. The monoisotopic (exact) mass is 368 g/mol. The maximum Gasteiger partial charge on any atom is 0.317 e. The molecule has 142 valence electrons. The molecule has 6 nitrogen and oxygen atoms in total. The summed E-state index contributed by atoms with van der Waals surface area (Å²) in [5.41, 5.74) is 2.04. The third kappa shape index (κ3) is 5.48. The van der Waals surface area contributed by atoms with Crippen molar-refractivity contribution in [2.45, 2.75) is 26.0 Å². The van der Waals surface area contributed by atoms with E-state index in [4.69, 9.17) is 9.84 Å². The van der Waals surface area contributed by atoms with E-state index in [9.17, 15) is 9.59 Å². The Labute approximate surface area is 158 Å². The number of aliphatic carboxylic acids is 1. The van der Waals surface area contributed by atoms with Gasteiger partial charge in [0.25, 0.3) is 0 Å². The SMILES string of the molecule is O=C(O)C1CCCN(C(=O)NCc2ccc(COc3ccccc3)cc2)C1. The molecule has 0 aliphatic carbocycles. The summed E-state index contributed by atoms with van der Waals surface area (Å²) in [5, 5.41) is 12.0. The molecule has 2 amide bonds. The van der Waals surface area contributed by atoms with Crippen molar-refractivity contribution in [2.75, 3.05) is 13.1 Å². The summed E-state index contributed by atoms with van der Waals surface area (Å²) < 4.78 is 5.71. The lowest BCUT2D eigenvalue weighted by molar-refractivity contribution is -0.143. The first-order chi connectivity index (χ1) is 13.1. The molecule has 1 heterocycles. The Morgan fingerprint density at radius 3 is 2.48 bits per heavy atom. The van der Waals surface area contributed by atoms with Crippen molar-refractivity contribution in [3.63, 3.8) is 0 Å². The number of nitrogens with one attached hydrogen (secondary N) is 1. The Balaban J connectivity index is 1.45. The molecule has 0 spiro atoms. The van der Waals surface area contributed by atoms with Crippen molar-refractivity contribution in [3.05, 3.63) is 65.7 Å². The summed E-state index contributed by atoms with van der Waals surface area (Å²) in [6.45, 7) is 1.77. The number of rotatable bonds is 6. The standard InChI is InChI=1S/C21H24N2O4/c24-20(25)18-5-4-12-23(14-18)21(26)22-13-16-8-10-17(11-9-16)15-27-19-6-2-1-3-7-19/h1-3,6-11,18H,4-5,12-15H2,(H,22,26)(H,24,25). The predicted octanol–water partition coefficient (Wildman–Crippen LogP) is 3.27. The number of carbonyl (C=O) groups excluding carboxylic acids is 1. The van der Waals surface area contributed by atoms with E-state index in [1.807, 2.05) is 54.6 Å². The normalized spacial score (nSPS) is 16.6. The molecule has 2 aromatic rings. The van der Waals surface area contributed by atoms with Crippen molar-refractivity contribution in [1.29, 1.82) is 0 Å². The Morgan fingerprint density at radius 1 is 1.07 bits per heavy atom. The highest BCUT2D eigenvalue weighted by atomic mass is 16.5. The van der Waals surface area contributed by atoms with Crippen LogP contribution in [0.2, 0.25) is 0 Å². The van der Waals surface area contributed by atoms with Crippen LogP contribution < -0.4 is 10.1 Å². The van der Waals surface area contributed by atoms with Gasteiger partial charge in [-0.2, -0.15) is 0 Å². The number of benzene rings is 2. The fourth-order valence-corrected chi connectivity index (χ4v) is 3.09. The first kappa shape index (κ1) is 18.8. The predicted molar refractivity (Wildman–Crippen MR) is 101 cm³/mol. The summed E-state index contributed by atoms with van der Waals surface area (Å²) in [5.74, 6) is -0.468. The van der Waals surface area contributed by atoms with Crippen LogP contribution in [0.1, 0.15) is 24.0 Å². The lowest BCUT2D eigenvalue weighted by Crippen LogP contribution is -2.46. The van der Waals surface area contributed by atoms with E-state index >= 15 is 0 Å². The van der Waals surface area contributed by atoms with Gasteiger partial charge in [-0.3, -0.25) is 4.79 Å².